The summed E-state index contributed by atoms with van der Waals surface area (Å²) in [6, 6.07) is 18.9. The van der Waals surface area contributed by atoms with Gasteiger partial charge in [0.1, 0.15) is 0 Å². The highest BCUT2D eigenvalue weighted by Gasteiger charge is 2.22. The molecule has 28 heavy (non-hydrogen) atoms. The molecule has 0 fully saturated rings. The third-order valence-electron chi connectivity index (χ3n) is 4.02. The van der Waals surface area contributed by atoms with Crippen LogP contribution < -0.4 is 5.32 Å². The molecule has 0 aliphatic carbocycles. The average molecular weight is 401 g/mol. The van der Waals surface area contributed by atoms with Crippen LogP contribution in [0.15, 0.2) is 71.6 Å². The van der Waals surface area contributed by atoms with Gasteiger partial charge in [-0.15, -0.1) is 0 Å². The number of hydrogen-bond donors (Lipinski definition) is 1. The molecule has 1 N–H and O–H groups in total. The van der Waals surface area contributed by atoms with Gasteiger partial charge in [-0.25, -0.2) is 4.79 Å². The van der Waals surface area contributed by atoms with Crippen molar-refractivity contribution in [2.45, 2.75) is 23.7 Å². The van der Waals surface area contributed by atoms with Gasteiger partial charge in [-0.3, -0.25) is 4.79 Å². The third kappa shape index (κ3) is 4.67. The van der Waals surface area contributed by atoms with Crippen molar-refractivity contribution < 1.29 is 23.1 Å². The zero-order valence-corrected chi connectivity index (χ0v) is 15.7. The molecule has 0 spiro atoms. The minimum Gasteiger partial charge on any atom is -0.449 e. The van der Waals surface area contributed by atoms with Gasteiger partial charge in [-0.05, 0) is 30.5 Å². The maximum absolute atomic E-state index is 12.7. The Morgan fingerprint density at radius 2 is 1.64 bits per heavy atom. The Morgan fingerprint density at radius 1 is 0.964 bits per heavy atom. The summed E-state index contributed by atoms with van der Waals surface area (Å²) in [6.07, 6.45) is -1.10. The Labute approximate surface area is 164 Å². The fourth-order valence-corrected chi connectivity index (χ4v) is 3.31. The van der Waals surface area contributed by atoms with Crippen LogP contribution in [0.5, 0.6) is 0 Å². The van der Waals surface area contributed by atoms with Crippen LogP contribution in [0.2, 0.25) is 0 Å². The van der Waals surface area contributed by atoms with Crippen LogP contribution in [0.3, 0.4) is 0 Å². The molecule has 1 unspecified atom stereocenters. The third-order valence-corrected chi connectivity index (χ3v) is 4.81. The number of fused-ring (bicyclic) bond motifs is 1. The Hall–Kier alpha value is -2.93. The van der Waals surface area contributed by atoms with Gasteiger partial charge in [0.2, 0.25) is 0 Å². The van der Waals surface area contributed by atoms with E-state index >= 15 is 0 Å². The Balaban J connectivity index is 1.71. The van der Waals surface area contributed by atoms with Gasteiger partial charge in [-0.2, -0.15) is 8.78 Å². The van der Waals surface area contributed by atoms with Crippen LogP contribution >= 0.6 is 11.8 Å². The van der Waals surface area contributed by atoms with Gasteiger partial charge in [0, 0.05) is 16.0 Å². The number of esters is 1. The van der Waals surface area contributed by atoms with Gasteiger partial charge in [-0.1, -0.05) is 60.3 Å². The molecule has 0 saturated heterocycles. The highest BCUT2D eigenvalue weighted by molar-refractivity contribution is 7.99. The van der Waals surface area contributed by atoms with E-state index < -0.39 is 23.7 Å². The number of ether oxygens (including phenoxy) is 1. The number of amides is 1. The highest BCUT2D eigenvalue weighted by Crippen LogP contribution is 2.29. The zero-order chi connectivity index (χ0) is 20.1. The molecule has 0 aromatic heterocycles. The predicted molar refractivity (Wildman–Crippen MR) is 106 cm³/mol. The minimum atomic E-state index is -2.67. The fraction of sp³-hybridized carbons (Fsp3) is 0.143. The first kappa shape index (κ1) is 19.8. The van der Waals surface area contributed by atoms with Crippen LogP contribution in [-0.2, 0) is 9.53 Å². The van der Waals surface area contributed by atoms with E-state index in [2.05, 4.69) is 5.32 Å². The Kier molecular flexibility index (Phi) is 6.26. The maximum Gasteiger partial charge on any atom is 0.340 e. The SMILES string of the molecule is CC(OC(=O)c1ccccc1SC(F)F)C(=O)Nc1cccc2ccccc12. The first-order chi connectivity index (χ1) is 13.5. The Bertz CT molecular complexity index is 1000. The zero-order valence-electron chi connectivity index (χ0n) is 14.9. The summed E-state index contributed by atoms with van der Waals surface area (Å²) in [7, 11) is 0. The quantitative estimate of drug-likeness (QED) is 0.448. The summed E-state index contributed by atoms with van der Waals surface area (Å²) in [4.78, 5) is 24.9. The number of carbonyl (C=O) groups excluding carboxylic acids is 2. The van der Waals surface area contributed by atoms with E-state index in [1.165, 1.54) is 19.1 Å². The first-order valence-corrected chi connectivity index (χ1v) is 9.37. The lowest BCUT2D eigenvalue weighted by Gasteiger charge is -2.16. The molecule has 1 atom stereocenters. The second-order valence-corrected chi connectivity index (χ2v) is 6.97. The summed E-state index contributed by atoms with van der Waals surface area (Å²) in [6.45, 7) is 1.43. The second-order valence-electron chi connectivity index (χ2n) is 5.94. The molecule has 7 heteroatoms. The van der Waals surface area contributed by atoms with E-state index in [-0.39, 0.29) is 22.2 Å². The van der Waals surface area contributed by atoms with Crippen LogP contribution in [0, 0.1) is 0 Å². The van der Waals surface area contributed by atoms with E-state index in [1.54, 1.807) is 18.2 Å². The molecule has 3 aromatic rings. The molecular weight excluding hydrogens is 384 g/mol. The summed E-state index contributed by atoms with van der Waals surface area (Å²) in [5.74, 6) is -4.01. The van der Waals surface area contributed by atoms with Crippen molar-refractivity contribution >= 4 is 40.1 Å². The van der Waals surface area contributed by atoms with Gasteiger partial charge in [0.05, 0.1) is 5.56 Å². The lowest BCUT2D eigenvalue weighted by molar-refractivity contribution is -0.123. The minimum absolute atomic E-state index is 0.00221. The highest BCUT2D eigenvalue weighted by atomic mass is 32.2. The number of hydrogen-bond acceptors (Lipinski definition) is 4. The smallest absolute Gasteiger partial charge is 0.340 e. The van der Waals surface area contributed by atoms with Crippen LogP contribution in [0.1, 0.15) is 17.3 Å². The molecule has 144 valence electrons. The number of rotatable bonds is 6. The summed E-state index contributed by atoms with van der Waals surface area (Å²) < 4.78 is 30.5. The van der Waals surface area contributed by atoms with Crippen molar-refractivity contribution in [3.8, 4) is 0 Å². The molecule has 3 aromatic carbocycles. The van der Waals surface area contributed by atoms with E-state index in [0.717, 1.165) is 10.8 Å². The fourth-order valence-electron chi connectivity index (χ4n) is 2.68. The van der Waals surface area contributed by atoms with E-state index in [9.17, 15) is 18.4 Å². The molecule has 3 rings (SSSR count). The van der Waals surface area contributed by atoms with Crippen molar-refractivity contribution in [2.24, 2.45) is 0 Å². The van der Waals surface area contributed by atoms with Crippen LogP contribution in [0.4, 0.5) is 14.5 Å². The van der Waals surface area contributed by atoms with Crippen molar-refractivity contribution in [2.75, 3.05) is 5.32 Å². The second kappa shape index (κ2) is 8.84. The number of carbonyl (C=O) groups is 2. The Morgan fingerprint density at radius 3 is 2.43 bits per heavy atom. The molecule has 0 saturated carbocycles. The van der Waals surface area contributed by atoms with Gasteiger partial charge >= 0.3 is 5.97 Å². The molecule has 0 heterocycles. The lowest BCUT2D eigenvalue weighted by Crippen LogP contribution is -2.30. The van der Waals surface area contributed by atoms with Crippen molar-refractivity contribution in [1.29, 1.82) is 0 Å². The standard InChI is InChI=1S/C21H17F2NO3S/c1-13(27-20(26)16-10-4-5-12-18(16)28-21(22)23)19(25)24-17-11-6-8-14-7-2-3-9-15(14)17/h2-13,21H,1H3,(H,24,25). The van der Waals surface area contributed by atoms with Gasteiger partial charge in [0.25, 0.3) is 11.7 Å². The van der Waals surface area contributed by atoms with Crippen molar-refractivity contribution in [3.63, 3.8) is 0 Å². The average Bonchev–Trinajstić information content (AvgIpc) is 2.68. The largest absolute Gasteiger partial charge is 0.449 e. The summed E-state index contributed by atoms with van der Waals surface area (Å²) >= 11 is 0.258. The van der Waals surface area contributed by atoms with Gasteiger partial charge in [0.15, 0.2) is 6.10 Å². The van der Waals surface area contributed by atoms with Crippen molar-refractivity contribution in [1.82, 2.24) is 0 Å². The van der Waals surface area contributed by atoms with Gasteiger partial charge < -0.3 is 10.1 Å². The number of thioether (sulfide) groups is 1. The number of halogens is 2. The molecular formula is C21H17F2NO3S. The number of anilines is 1. The van der Waals surface area contributed by atoms with E-state index in [0.29, 0.717) is 5.69 Å². The monoisotopic (exact) mass is 401 g/mol. The van der Waals surface area contributed by atoms with Crippen LogP contribution in [0.25, 0.3) is 10.8 Å². The molecule has 1 amide bonds. The summed E-state index contributed by atoms with van der Waals surface area (Å²) in [5, 5.41) is 4.56. The molecule has 4 nitrogen and oxygen atoms in total. The topological polar surface area (TPSA) is 55.4 Å². The van der Waals surface area contributed by atoms with E-state index in [4.69, 9.17) is 4.74 Å². The maximum atomic E-state index is 12.7. The lowest BCUT2D eigenvalue weighted by atomic mass is 10.1. The molecule has 0 bridgehead atoms. The normalized spacial score (nSPS) is 12.0. The van der Waals surface area contributed by atoms with E-state index in [1.807, 2.05) is 36.4 Å². The number of alkyl halides is 2. The number of benzene rings is 3. The molecule has 0 aliphatic heterocycles. The van der Waals surface area contributed by atoms with Crippen LogP contribution in [-0.4, -0.2) is 23.7 Å². The first-order valence-electron chi connectivity index (χ1n) is 8.49. The molecule has 0 aliphatic rings. The number of nitrogens with one attached hydrogen (secondary N) is 1. The predicted octanol–water partition coefficient (Wildman–Crippen LogP) is 5.34. The molecule has 0 radical (unpaired) electrons. The summed E-state index contributed by atoms with van der Waals surface area (Å²) in [5.41, 5.74) is 0.595. The van der Waals surface area contributed by atoms with Crippen molar-refractivity contribution in [3.05, 3.63) is 72.3 Å².